The number of thiophene rings is 1. The third-order valence-electron chi connectivity index (χ3n) is 9.32. The predicted molar refractivity (Wildman–Crippen MR) is 207 cm³/mol. The Morgan fingerprint density at radius 2 is 1.12 bits per heavy atom. The molecule has 6 heteroatoms. The van der Waals surface area contributed by atoms with Crippen molar-refractivity contribution in [1.29, 1.82) is 0 Å². The van der Waals surface area contributed by atoms with Gasteiger partial charge in [0.2, 0.25) is 0 Å². The van der Waals surface area contributed by atoms with Crippen LogP contribution in [0, 0.1) is 0 Å². The normalized spacial score (nSPS) is 11.6. The number of para-hydroxylation sites is 2. The summed E-state index contributed by atoms with van der Waals surface area (Å²) in [6, 6.07) is 55.2. The molecule has 0 unspecified atom stereocenters. The zero-order valence-electron chi connectivity index (χ0n) is 26.7. The van der Waals surface area contributed by atoms with Crippen molar-refractivity contribution in [3.8, 4) is 51.1 Å². The SMILES string of the molecule is c1ccc(-c2nc(-c3ccccn3)nc(-c3cccc4c3sc3ccc(-c5ccc6c(c5)c5ccccc5n6-c5ccccc5)cc34)n2)cc1. The maximum Gasteiger partial charge on any atom is 0.182 e. The quantitative estimate of drug-likeness (QED) is 0.185. The fourth-order valence-electron chi connectivity index (χ4n) is 6.98. The highest BCUT2D eigenvalue weighted by atomic mass is 32.1. The molecule has 0 spiro atoms. The van der Waals surface area contributed by atoms with Gasteiger partial charge in [-0.2, -0.15) is 0 Å². The van der Waals surface area contributed by atoms with E-state index in [0.717, 1.165) is 21.5 Å². The largest absolute Gasteiger partial charge is 0.309 e. The maximum absolute atomic E-state index is 5.02. The molecule has 10 aromatic rings. The monoisotopic (exact) mass is 657 g/mol. The van der Waals surface area contributed by atoms with Crippen LogP contribution < -0.4 is 0 Å². The van der Waals surface area contributed by atoms with Crippen molar-refractivity contribution < 1.29 is 0 Å². The lowest BCUT2D eigenvalue weighted by atomic mass is 10.00. The van der Waals surface area contributed by atoms with Crippen LogP contribution in [-0.4, -0.2) is 24.5 Å². The Bertz CT molecular complexity index is 2800. The molecule has 10 rings (SSSR count). The van der Waals surface area contributed by atoms with Crippen LogP contribution in [0.3, 0.4) is 0 Å². The van der Waals surface area contributed by atoms with E-state index in [1.54, 1.807) is 17.5 Å². The Morgan fingerprint density at radius 3 is 1.96 bits per heavy atom. The lowest BCUT2D eigenvalue weighted by Gasteiger charge is -2.08. The molecule has 0 bridgehead atoms. The first kappa shape index (κ1) is 28.5. The Labute approximate surface area is 291 Å². The van der Waals surface area contributed by atoms with Gasteiger partial charge in [-0.25, -0.2) is 15.0 Å². The van der Waals surface area contributed by atoms with Crippen LogP contribution in [0.25, 0.3) is 93.1 Å². The first-order valence-corrected chi connectivity index (χ1v) is 17.4. The van der Waals surface area contributed by atoms with Crippen molar-refractivity contribution in [2.75, 3.05) is 0 Å². The van der Waals surface area contributed by atoms with Crippen molar-refractivity contribution in [1.82, 2.24) is 24.5 Å². The number of benzene rings is 6. The van der Waals surface area contributed by atoms with Crippen molar-refractivity contribution in [2.45, 2.75) is 0 Å². The van der Waals surface area contributed by atoms with Gasteiger partial charge in [0, 0.05) is 54.0 Å². The van der Waals surface area contributed by atoms with Crippen LogP contribution in [0.5, 0.6) is 0 Å². The second-order valence-electron chi connectivity index (χ2n) is 12.3. The molecule has 234 valence electrons. The molecule has 4 aromatic heterocycles. The number of hydrogen-bond donors (Lipinski definition) is 0. The van der Waals surface area contributed by atoms with Crippen molar-refractivity contribution in [3.63, 3.8) is 0 Å². The summed E-state index contributed by atoms with van der Waals surface area (Å²) in [5.74, 6) is 1.82. The minimum absolute atomic E-state index is 0.555. The number of aromatic nitrogens is 5. The third-order valence-corrected chi connectivity index (χ3v) is 10.5. The molecule has 0 N–H and O–H groups in total. The highest BCUT2D eigenvalue weighted by Crippen LogP contribution is 2.42. The molecule has 0 amide bonds. The molecule has 0 radical (unpaired) electrons. The summed E-state index contributed by atoms with van der Waals surface area (Å²) in [6.45, 7) is 0. The van der Waals surface area contributed by atoms with Gasteiger partial charge in [-0.05, 0) is 71.8 Å². The minimum atomic E-state index is 0.555. The fraction of sp³-hybridized carbons (Fsp3) is 0. The van der Waals surface area contributed by atoms with Gasteiger partial charge in [0.15, 0.2) is 17.5 Å². The van der Waals surface area contributed by atoms with E-state index in [1.165, 1.54) is 48.4 Å². The van der Waals surface area contributed by atoms with E-state index in [-0.39, 0.29) is 0 Å². The molecular weight excluding hydrogens is 631 g/mol. The average molecular weight is 658 g/mol. The number of hydrogen-bond acceptors (Lipinski definition) is 5. The molecule has 0 aliphatic carbocycles. The van der Waals surface area contributed by atoms with Crippen LogP contribution in [0.4, 0.5) is 0 Å². The van der Waals surface area contributed by atoms with Crippen LogP contribution in [0.15, 0.2) is 164 Å². The molecule has 0 aliphatic rings. The molecule has 0 saturated heterocycles. The van der Waals surface area contributed by atoms with E-state index in [1.807, 2.05) is 48.5 Å². The molecule has 0 saturated carbocycles. The summed E-state index contributed by atoms with van der Waals surface area (Å²) in [5.41, 5.74) is 8.58. The van der Waals surface area contributed by atoms with E-state index in [4.69, 9.17) is 15.0 Å². The lowest BCUT2D eigenvalue weighted by molar-refractivity contribution is 1.06. The van der Waals surface area contributed by atoms with Gasteiger partial charge in [0.25, 0.3) is 0 Å². The Kier molecular flexibility index (Phi) is 6.60. The molecule has 0 aliphatic heterocycles. The number of pyridine rings is 1. The van der Waals surface area contributed by atoms with Crippen LogP contribution in [0.2, 0.25) is 0 Å². The standard InChI is InChI=1S/C44H27N5S/c1-3-12-28(13-4-1)42-46-43(48-44(47-42)37-19-9-10-25-45-37)34-18-11-17-33-36-27-30(22-24-40(36)50-41(33)34)29-21-23-39-35(26-29)32-16-7-8-20-38(32)49(39)31-14-5-2-6-15-31/h1-27H. The highest BCUT2D eigenvalue weighted by molar-refractivity contribution is 7.26. The fourth-order valence-corrected chi connectivity index (χ4v) is 8.18. The second kappa shape index (κ2) is 11.6. The van der Waals surface area contributed by atoms with Gasteiger partial charge in [-0.1, -0.05) is 97.1 Å². The first-order valence-electron chi connectivity index (χ1n) is 16.6. The van der Waals surface area contributed by atoms with Crippen molar-refractivity contribution in [3.05, 3.63) is 164 Å². The summed E-state index contributed by atoms with van der Waals surface area (Å²) < 4.78 is 4.73. The van der Waals surface area contributed by atoms with Gasteiger partial charge in [0.1, 0.15) is 5.69 Å². The minimum Gasteiger partial charge on any atom is -0.309 e. The smallest absolute Gasteiger partial charge is 0.182 e. The summed E-state index contributed by atoms with van der Waals surface area (Å²) >= 11 is 1.78. The molecule has 50 heavy (non-hydrogen) atoms. The molecule has 6 aromatic carbocycles. The van der Waals surface area contributed by atoms with Crippen LogP contribution in [0.1, 0.15) is 0 Å². The van der Waals surface area contributed by atoms with Gasteiger partial charge in [-0.15, -0.1) is 11.3 Å². The van der Waals surface area contributed by atoms with E-state index in [9.17, 15) is 0 Å². The highest BCUT2D eigenvalue weighted by Gasteiger charge is 2.18. The van der Waals surface area contributed by atoms with Gasteiger partial charge in [-0.3, -0.25) is 4.98 Å². The Hall–Kier alpha value is -6.50. The summed E-state index contributed by atoms with van der Waals surface area (Å²) in [4.78, 5) is 19.4. The van der Waals surface area contributed by atoms with Crippen molar-refractivity contribution in [2.24, 2.45) is 0 Å². The zero-order chi connectivity index (χ0) is 33.0. The number of nitrogens with zero attached hydrogens (tertiary/aromatic N) is 5. The van der Waals surface area contributed by atoms with Crippen LogP contribution in [-0.2, 0) is 0 Å². The summed E-state index contributed by atoms with van der Waals surface area (Å²) in [5, 5.41) is 4.90. The maximum atomic E-state index is 5.02. The lowest BCUT2D eigenvalue weighted by Crippen LogP contribution is -2.01. The van der Waals surface area contributed by atoms with Crippen molar-refractivity contribution >= 4 is 53.3 Å². The van der Waals surface area contributed by atoms with E-state index >= 15 is 0 Å². The molecule has 4 heterocycles. The average Bonchev–Trinajstić information content (AvgIpc) is 3.74. The van der Waals surface area contributed by atoms with E-state index in [2.05, 4.69) is 119 Å². The van der Waals surface area contributed by atoms with Gasteiger partial charge in [0.05, 0.1) is 11.0 Å². The Morgan fingerprint density at radius 1 is 0.440 bits per heavy atom. The zero-order valence-corrected chi connectivity index (χ0v) is 27.5. The molecule has 0 atom stereocenters. The predicted octanol–water partition coefficient (Wildman–Crippen LogP) is 11.4. The molecule has 0 fully saturated rings. The third kappa shape index (κ3) is 4.69. The number of rotatable bonds is 5. The molecule has 5 nitrogen and oxygen atoms in total. The summed E-state index contributed by atoms with van der Waals surface area (Å²) in [7, 11) is 0. The van der Waals surface area contributed by atoms with Gasteiger partial charge >= 0.3 is 0 Å². The Balaban J connectivity index is 1.12. The van der Waals surface area contributed by atoms with E-state index in [0.29, 0.717) is 23.2 Å². The second-order valence-corrected chi connectivity index (χ2v) is 13.4. The van der Waals surface area contributed by atoms with E-state index < -0.39 is 0 Å². The molecular formula is C44H27N5S. The van der Waals surface area contributed by atoms with Crippen LogP contribution >= 0.6 is 11.3 Å². The summed E-state index contributed by atoms with van der Waals surface area (Å²) in [6.07, 6.45) is 1.77. The topological polar surface area (TPSA) is 56.5 Å². The number of fused-ring (bicyclic) bond motifs is 6. The first-order chi connectivity index (χ1) is 24.8. The van der Waals surface area contributed by atoms with Gasteiger partial charge < -0.3 is 4.57 Å².